The molecule has 0 saturated heterocycles. The van der Waals surface area contributed by atoms with E-state index in [-0.39, 0.29) is 23.7 Å². The maximum atomic E-state index is 12.7. The molecule has 0 heterocycles. The van der Waals surface area contributed by atoms with E-state index in [0.29, 0.717) is 0 Å². The minimum Gasteiger partial charge on any atom is -0.384 e. The predicted octanol–water partition coefficient (Wildman–Crippen LogP) is 0.906. The van der Waals surface area contributed by atoms with Crippen LogP contribution in [0.15, 0.2) is 29.2 Å². The number of benzene rings is 1. The van der Waals surface area contributed by atoms with Crippen LogP contribution in [0.5, 0.6) is 0 Å². The highest BCUT2D eigenvalue weighted by molar-refractivity contribution is 7.90. The first-order valence-electron chi connectivity index (χ1n) is 4.97. The summed E-state index contributed by atoms with van der Waals surface area (Å²) >= 11 is 0. The molecule has 102 valence electrons. The highest BCUT2D eigenvalue weighted by atomic mass is 32.3. The first-order chi connectivity index (χ1) is 8.24. The molecule has 8 heteroatoms. The number of methoxy groups -OCH3 is 1. The van der Waals surface area contributed by atoms with Crippen LogP contribution in [0.1, 0.15) is 5.56 Å². The maximum absolute atomic E-state index is 12.7. The summed E-state index contributed by atoms with van der Waals surface area (Å²) in [5.41, 5.74) is 0.227. The van der Waals surface area contributed by atoms with Gasteiger partial charge >= 0.3 is 10.2 Å². The minimum atomic E-state index is -4.82. The second kappa shape index (κ2) is 5.77. The third-order valence-electron chi connectivity index (χ3n) is 2.17. The van der Waals surface area contributed by atoms with Gasteiger partial charge in [-0.1, -0.05) is 12.1 Å². The number of hydrogen-bond acceptors (Lipinski definition) is 5. The van der Waals surface area contributed by atoms with Gasteiger partial charge in [-0.2, -0.15) is 8.42 Å². The van der Waals surface area contributed by atoms with Gasteiger partial charge in [-0.15, -0.1) is 3.89 Å². The molecular weight excluding hydrogens is 283 g/mol. The van der Waals surface area contributed by atoms with Crippen molar-refractivity contribution in [1.29, 1.82) is 0 Å². The van der Waals surface area contributed by atoms with Crippen LogP contribution in [-0.4, -0.2) is 36.3 Å². The lowest BCUT2D eigenvalue weighted by atomic mass is 10.2. The zero-order chi connectivity index (χ0) is 13.8. The Bertz CT molecular complexity index is 607. The van der Waals surface area contributed by atoms with E-state index in [1.165, 1.54) is 19.2 Å². The van der Waals surface area contributed by atoms with Crippen LogP contribution in [-0.2, 0) is 30.6 Å². The van der Waals surface area contributed by atoms with Gasteiger partial charge in [0, 0.05) is 7.11 Å². The van der Waals surface area contributed by atoms with Crippen LogP contribution in [0.25, 0.3) is 0 Å². The zero-order valence-corrected chi connectivity index (χ0v) is 11.3. The van der Waals surface area contributed by atoms with E-state index < -0.39 is 25.0 Å². The summed E-state index contributed by atoms with van der Waals surface area (Å²) in [5, 5.41) is 0. The van der Waals surface area contributed by atoms with Crippen molar-refractivity contribution >= 4 is 20.1 Å². The number of rotatable bonds is 6. The molecule has 0 amide bonds. The van der Waals surface area contributed by atoms with Crippen molar-refractivity contribution in [3.63, 3.8) is 0 Å². The average molecular weight is 296 g/mol. The monoisotopic (exact) mass is 296 g/mol. The van der Waals surface area contributed by atoms with Gasteiger partial charge in [0.05, 0.1) is 23.0 Å². The molecule has 1 rings (SSSR count). The third-order valence-corrected chi connectivity index (χ3v) is 4.54. The number of sulfone groups is 1. The highest BCUT2D eigenvalue weighted by Gasteiger charge is 2.15. The van der Waals surface area contributed by atoms with E-state index in [0.717, 1.165) is 12.1 Å². The van der Waals surface area contributed by atoms with Gasteiger partial charge in [-0.05, 0) is 17.7 Å². The molecule has 0 N–H and O–H groups in total. The van der Waals surface area contributed by atoms with Crippen molar-refractivity contribution in [2.24, 2.45) is 0 Å². The Labute approximate surface area is 106 Å². The van der Waals surface area contributed by atoms with Crippen LogP contribution in [0.4, 0.5) is 3.89 Å². The van der Waals surface area contributed by atoms with Crippen molar-refractivity contribution in [2.75, 3.05) is 19.5 Å². The third kappa shape index (κ3) is 4.71. The van der Waals surface area contributed by atoms with E-state index >= 15 is 0 Å². The van der Waals surface area contributed by atoms with E-state index in [1.54, 1.807) is 0 Å². The van der Waals surface area contributed by atoms with Gasteiger partial charge in [-0.3, -0.25) is 0 Å². The fraction of sp³-hybridized carbons (Fsp3) is 0.400. The molecule has 0 spiro atoms. The van der Waals surface area contributed by atoms with Crippen molar-refractivity contribution in [2.45, 2.75) is 10.6 Å². The van der Waals surface area contributed by atoms with Crippen LogP contribution in [0, 0.1) is 0 Å². The molecule has 0 aliphatic rings. The molecule has 0 atom stereocenters. The fourth-order valence-corrected chi connectivity index (χ4v) is 3.11. The molecule has 18 heavy (non-hydrogen) atoms. The Morgan fingerprint density at radius 3 is 2.44 bits per heavy atom. The second-order valence-corrected chi connectivity index (χ2v) is 7.20. The lowest BCUT2D eigenvalue weighted by Crippen LogP contribution is -2.13. The molecule has 0 radical (unpaired) electrons. The summed E-state index contributed by atoms with van der Waals surface area (Å²) in [4.78, 5) is -0.540. The van der Waals surface area contributed by atoms with Crippen LogP contribution >= 0.6 is 0 Å². The number of halogens is 1. The Kier molecular flexibility index (Phi) is 4.83. The molecule has 0 aliphatic heterocycles. The lowest BCUT2D eigenvalue weighted by molar-refractivity contribution is 0.217. The highest BCUT2D eigenvalue weighted by Crippen LogP contribution is 2.16. The van der Waals surface area contributed by atoms with Gasteiger partial charge < -0.3 is 4.74 Å². The first kappa shape index (κ1) is 15.1. The summed E-state index contributed by atoms with van der Waals surface area (Å²) in [6.45, 7) is 0.0590. The van der Waals surface area contributed by atoms with E-state index in [9.17, 15) is 20.7 Å². The second-order valence-electron chi connectivity index (χ2n) is 3.67. The summed E-state index contributed by atoms with van der Waals surface area (Å²) in [5.74, 6) is -0.518. The topological polar surface area (TPSA) is 77.5 Å². The summed E-state index contributed by atoms with van der Waals surface area (Å²) in [6, 6.07) is 4.81. The Hall–Kier alpha value is -0.990. The Morgan fingerprint density at radius 2 is 1.89 bits per heavy atom. The Morgan fingerprint density at radius 1 is 1.22 bits per heavy atom. The SMILES string of the molecule is COCCS(=O)(=O)Cc1cccc(S(=O)(=O)F)c1. The zero-order valence-electron chi connectivity index (χ0n) is 9.67. The van der Waals surface area contributed by atoms with Crippen molar-refractivity contribution in [3.8, 4) is 0 Å². The molecule has 0 aromatic heterocycles. The van der Waals surface area contributed by atoms with Gasteiger partial charge in [0.1, 0.15) is 0 Å². The van der Waals surface area contributed by atoms with Crippen molar-refractivity contribution < 1.29 is 25.5 Å². The van der Waals surface area contributed by atoms with Crippen molar-refractivity contribution in [1.82, 2.24) is 0 Å². The molecule has 0 fully saturated rings. The molecule has 1 aromatic carbocycles. The van der Waals surface area contributed by atoms with Crippen LogP contribution in [0.2, 0.25) is 0 Å². The molecule has 0 unspecified atom stereocenters. The first-order valence-corrected chi connectivity index (χ1v) is 8.18. The van der Waals surface area contributed by atoms with Gasteiger partial charge in [0.2, 0.25) is 0 Å². The lowest BCUT2D eigenvalue weighted by Gasteiger charge is -2.04. The van der Waals surface area contributed by atoms with E-state index in [2.05, 4.69) is 4.74 Å². The molecule has 0 aliphatic carbocycles. The van der Waals surface area contributed by atoms with Gasteiger partial charge in [-0.25, -0.2) is 8.42 Å². The van der Waals surface area contributed by atoms with Gasteiger partial charge in [0.15, 0.2) is 9.84 Å². The largest absolute Gasteiger partial charge is 0.384 e. The molecule has 1 aromatic rings. The molecule has 0 saturated carbocycles. The smallest absolute Gasteiger partial charge is 0.332 e. The van der Waals surface area contributed by atoms with E-state index in [4.69, 9.17) is 0 Å². The quantitative estimate of drug-likeness (QED) is 0.729. The summed E-state index contributed by atoms with van der Waals surface area (Å²) in [7, 11) is -6.84. The maximum Gasteiger partial charge on any atom is 0.332 e. The van der Waals surface area contributed by atoms with Crippen molar-refractivity contribution in [3.05, 3.63) is 29.8 Å². The normalized spacial score (nSPS) is 12.6. The molecule has 0 bridgehead atoms. The van der Waals surface area contributed by atoms with Crippen LogP contribution < -0.4 is 0 Å². The fourth-order valence-electron chi connectivity index (χ4n) is 1.32. The predicted molar refractivity (Wildman–Crippen MR) is 64.1 cm³/mol. The standard InChI is InChI=1S/C10H13FO5S2/c1-16-5-6-17(12,13)8-9-3-2-4-10(7-9)18(11,14)15/h2-4,7H,5-6,8H2,1H3. The molecule has 5 nitrogen and oxygen atoms in total. The Balaban J connectivity index is 2.93. The number of hydrogen-bond donors (Lipinski definition) is 0. The average Bonchev–Trinajstić information content (AvgIpc) is 2.25. The number of ether oxygens (including phenoxy) is 1. The minimum absolute atomic E-state index is 0.0590. The van der Waals surface area contributed by atoms with E-state index in [1.807, 2.05) is 0 Å². The van der Waals surface area contributed by atoms with Crippen LogP contribution in [0.3, 0.4) is 0 Å². The summed E-state index contributed by atoms with van der Waals surface area (Å²) < 4.78 is 62.0. The summed E-state index contributed by atoms with van der Waals surface area (Å²) in [6.07, 6.45) is 0. The molecular formula is C10H13FO5S2. The van der Waals surface area contributed by atoms with Gasteiger partial charge in [0.25, 0.3) is 0 Å².